The van der Waals surface area contributed by atoms with E-state index in [1.165, 1.54) is 0 Å². The first-order valence-corrected chi connectivity index (χ1v) is 5.42. The molecule has 84 valence electrons. The lowest BCUT2D eigenvalue weighted by Crippen LogP contribution is -2.24. The molecule has 0 aliphatic rings. The molecule has 0 aromatic carbocycles. The summed E-state index contributed by atoms with van der Waals surface area (Å²) in [6.07, 6.45) is 4.38. The smallest absolute Gasteiger partial charge is 0.331 e. The zero-order valence-corrected chi connectivity index (χ0v) is 9.53. The van der Waals surface area contributed by atoms with Crippen molar-refractivity contribution in [3.05, 3.63) is 12.7 Å². The Morgan fingerprint density at radius 3 is 2.67 bits per heavy atom. The summed E-state index contributed by atoms with van der Waals surface area (Å²) in [6.45, 7) is 7.42. The lowest BCUT2D eigenvalue weighted by molar-refractivity contribution is -0.142. The molecule has 0 aromatic heterocycles. The zero-order chi connectivity index (χ0) is 11.7. The Balaban J connectivity index is 4.27. The van der Waals surface area contributed by atoms with Gasteiger partial charge in [0.1, 0.15) is 6.07 Å². The summed E-state index contributed by atoms with van der Waals surface area (Å²) in [5, 5.41) is 8.91. The molecule has 0 N–H and O–H groups in total. The van der Waals surface area contributed by atoms with E-state index in [0.717, 1.165) is 31.8 Å². The van der Waals surface area contributed by atoms with Crippen LogP contribution in [0.2, 0.25) is 0 Å². The van der Waals surface area contributed by atoms with E-state index in [1.807, 2.05) is 13.0 Å². The van der Waals surface area contributed by atoms with Crippen molar-refractivity contribution in [1.82, 2.24) is 0 Å². The summed E-state index contributed by atoms with van der Waals surface area (Å²) < 4.78 is 4.98. The maximum absolute atomic E-state index is 11.0. The van der Waals surface area contributed by atoms with Gasteiger partial charge in [0.2, 0.25) is 0 Å². The molecule has 2 atom stereocenters. The van der Waals surface area contributed by atoms with Crippen molar-refractivity contribution in [2.24, 2.45) is 5.92 Å². The molecular weight excluding hydrogens is 190 g/mol. The Hall–Kier alpha value is -1.30. The summed E-state index contributed by atoms with van der Waals surface area (Å²) in [5.74, 6) is -0.379. The molecule has 0 spiro atoms. The Labute approximate surface area is 91.7 Å². The van der Waals surface area contributed by atoms with Crippen molar-refractivity contribution < 1.29 is 9.53 Å². The molecule has 0 radical (unpaired) electrons. The predicted octanol–water partition coefficient (Wildman–Crippen LogP) is 2.82. The molecule has 0 aliphatic heterocycles. The number of rotatable bonds is 7. The maximum atomic E-state index is 11.0. The summed E-state index contributed by atoms with van der Waals surface area (Å²) >= 11 is 0. The van der Waals surface area contributed by atoms with Gasteiger partial charge in [0.05, 0.1) is 0 Å². The van der Waals surface area contributed by atoms with Crippen LogP contribution >= 0.6 is 0 Å². The quantitative estimate of drug-likeness (QED) is 0.478. The molecule has 0 heterocycles. The average molecular weight is 209 g/mol. The first-order chi connectivity index (χ1) is 7.19. The average Bonchev–Trinajstić information content (AvgIpc) is 2.27. The standard InChI is InChI=1S/C12H19NO2/c1-4-7-8-10(5-2)11(9-13)15-12(14)6-3/h6,10-11H,3-5,7-8H2,1-2H3. The van der Waals surface area contributed by atoms with Gasteiger partial charge in [-0.15, -0.1) is 0 Å². The van der Waals surface area contributed by atoms with Gasteiger partial charge in [0.25, 0.3) is 0 Å². The summed E-state index contributed by atoms with van der Waals surface area (Å²) in [6, 6.07) is 2.04. The Kier molecular flexibility index (Phi) is 7.35. The normalized spacial score (nSPS) is 13.7. The predicted molar refractivity (Wildman–Crippen MR) is 59.0 cm³/mol. The van der Waals surface area contributed by atoms with Crippen molar-refractivity contribution in [3.63, 3.8) is 0 Å². The molecule has 0 bridgehead atoms. The van der Waals surface area contributed by atoms with Crippen LogP contribution in [0.1, 0.15) is 39.5 Å². The molecule has 0 fully saturated rings. The van der Waals surface area contributed by atoms with Gasteiger partial charge in [-0.25, -0.2) is 4.79 Å². The van der Waals surface area contributed by atoms with E-state index in [1.54, 1.807) is 0 Å². The Bertz CT molecular complexity index is 242. The summed E-state index contributed by atoms with van der Waals surface area (Å²) in [5.41, 5.74) is 0. The Morgan fingerprint density at radius 2 is 2.27 bits per heavy atom. The number of unbranched alkanes of at least 4 members (excludes halogenated alkanes) is 1. The molecule has 15 heavy (non-hydrogen) atoms. The first-order valence-electron chi connectivity index (χ1n) is 5.42. The second-order valence-corrected chi connectivity index (χ2v) is 3.50. The third-order valence-corrected chi connectivity index (χ3v) is 2.42. The van der Waals surface area contributed by atoms with E-state index in [2.05, 4.69) is 13.5 Å². The summed E-state index contributed by atoms with van der Waals surface area (Å²) in [4.78, 5) is 11.0. The molecule has 0 rings (SSSR count). The molecule has 3 heteroatoms. The zero-order valence-electron chi connectivity index (χ0n) is 9.53. The second-order valence-electron chi connectivity index (χ2n) is 3.50. The number of hydrogen-bond acceptors (Lipinski definition) is 3. The van der Waals surface area contributed by atoms with Crippen LogP contribution in [0.4, 0.5) is 0 Å². The van der Waals surface area contributed by atoms with Gasteiger partial charge in [-0.3, -0.25) is 0 Å². The molecule has 0 aromatic rings. The Morgan fingerprint density at radius 1 is 1.60 bits per heavy atom. The van der Waals surface area contributed by atoms with E-state index in [-0.39, 0.29) is 5.92 Å². The molecule has 0 saturated heterocycles. The van der Waals surface area contributed by atoms with Crippen LogP contribution in [0.3, 0.4) is 0 Å². The number of hydrogen-bond donors (Lipinski definition) is 0. The first kappa shape index (κ1) is 13.7. The van der Waals surface area contributed by atoms with E-state index in [9.17, 15) is 4.79 Å². The number of carbonyl (C=O) groups excluding carboxylic acids is 1. The minimum atomic E-state index is -0.632. The highest BCUT2D eigenvalue weighted by atomic mass is 16.5. The van der Waals surface area contributed by atoms with Crippen LogP contribution in [0, 0.1) is 17.2 Å². The van der Waals surface area contributed by atoms with Crippen LogP contribution in [-0.4, -0.2) is 12.1 Å². The SMILES string of the molecule is C=CC(=O)OC(C#N)C(CC)CCCC. The minimum absolute atomic E-state index is 0.138. The lowest BCUT2D eigenvalue weighted by Gasteiger charge is -2.19. The van der Waals surface area contributed by atoms with Gasteiger partial charge >= 0.3 is 5.97 Å². The third-order valence-electron chi connectivity index (χ3n) is 2.42. The van der Waals surface area contributed by atoms with Crippen LogP contribution in [0.25, 0.3) is 0 Å². The number of nitrogens with zero attached hydrogens (tertiary/aromatic N) is 1. The molecule has 3 nitrogen and oxygen atoms in total. The molecular formula is C12H19NO2. The maximum Gasteiger partial charge on any atom is 0.331 e. The fraction of sp³-hybridized carbons (Fsp3) is 0.667. The van der Waals surface area contributed by atoms with Gasteiger partial charge in [0.15, 0.2) is 6.10 Å². The fourth-order valence-corrected chi connectivity index (χ4v) is 1.44. The van der Waals surface area contributed by atoms with E-state index in [0.29, 0.717) is 0 Å². The van der Waals surface area contributed by atoms with Crippen LogP contribution in [0.5, 0.6) is 0 Å². The highest BCUT2D eigenvalue weighted by Gasteiger charge is 2.22. The van der Waals surface area contributed by atoms with Crippen molar-refractivity contribution in [2.45, 2.75) is 45.6 Å². The highest BCUT2D eigenvalue weighted by Crippen LogP contribution is 2.19. The van der Waals surface area contributed by atoms with Crippen LogP contribution < -0.4 is 0 Å². The second kappa shape index (κ2) is 8.05. The van der Waals surface area contributed by atoms with Crippen LogP contribution in [-0.2, 0) is 9.53 Å². The summed E-state index contributed by atoms with van der Waals surface area (Å²) in [7, 11) is 0. The molecule has 0 saturated carbocycles. The van der Waals surface area contributed by atoms with Crippen molar-refractivity contribution in [2.75, 3.05) is 0 Å². The monoisotopic (exact) mass is 209 g/mol. The van der Waals surface area contributed by atoms with E-state index in [4.69, 9.17) is 10.00 Å². The highest BCUT2D eigenvalue weighted by molar-refractivity contribution is 5.81. The van der Waals surface area contributed by atoms with Gasteiger partial charge in [-0.05, 0) is 12.8 Å². The van der Waals surface area contributed by atoms with Crippen LogP contribution in [0.15, 0.2) is 12.7 Å². The van der Waals surface area contributed by atoms with E-state index < -0.39 is 12.1 Å². The fourth-order valence-electron chi connectivity index (χ4n) is 1.44. The van der Waals surface area contributed by atoms with Crippen molar-refractivity contribution in [1.29, 1.82) is 5.26 Å². The largest absolute Gasteiger partial charge is 0.443 e. The number of carbonyl (C=O) groups is 1. The molecule has 0 aliphatic carbocycles. The van der Waals surface area contributed by atoms with E-state index >= 15 is 0 Å². The molecule has 0 amide bonds. The van der Waals surface area contributed by atoms with Gasteiger partial charge in [0, 0.05) is 12.0 Å². The minimum Gasteiger partial charge on any atom is -0.443 e. The van der Waals surface area contributed by atoms with Gasteiger partial charge in [-0.1, -0.05) is 33.3 Å². The van der Waals surface area contributed by atoms with Crippen molar-refractivity contribution >= 4 is 5.97 Å². The lowest BCUT2D eigenvalue weighted by atomic mass is 9.94. The number of ether oxygens (including phenoxy) is 1. The number of nitriles is 1. The number of esters is 1. The van der Waals surface area contributed by atoms with Crippen molar-refractivity contribution in [3.8, 4) is 6.07 Å². The third kappa shape index (κ3) is 5.21. The molecule has 2 unspecified atom stereocenters. The van der Waals surface area contributed by atoms with Gasteiger partial charge < -0.3 is 4.74 Å². The van der Waals surface area contributed by atoms with Gasteiger partial charge in [-0.2, -0.15) is 5.26 Å². The topological polar surface area (TPSA) is 50.1 Å².